The molecule has 2 aliphatic heterocycles. The molecule has 2 fully saturated rings. The van der Waals surface area contributed by atoms with E-state index in [9.17, 15) is 4.79 Å². The van der Waals surface area contributed by atoms with Gasteiger partial charge in [-0.3, -0.25) is 4.79 Å². The van der Waals surface area contributed by atoms with Crippen molar-refractivity contribution in [2.45, 2.75) is 33.0 Å². The Balaban J connectivity index is 1.51. The third kappa shape index (κ3) is 4.08. The second kappa shape index (κ2) is 8.88. The Bertz CT molecular complexity index is 1100. The first-order valence-corrected chi connectivity index (χ1v) is 11.4. The molecule has 2 aliphatic rings. The molecule has 0 aliphatic carbocycles. The van der Waals surface area contributed by atoms with Crippen molar-refractivity contribution in [2.24, 2.45) is 5.92 Å². The summed E-state index contributed by atoms with van der Waals surface area (Å²) in [5.74, 6) is 0.230. The van der Waals surface area contributed by atoms with Gasteiger partial charge in [-0.1, -0.05) is 42.0 Å². The molecule has 2 aromatic carbocycles. The molecule has 166 valence electrons. The molecule has 1 amide bonds. The number of nitrogens with zero attached hydrogens (tertiary/aromatic N) is 3. The van der Waals surface area contributed by atoms with Gasteiger partial charge in [0.2, 0.25) is 0 Å². The highest BCUT2D eigenvalue weighted by atomic mass is 16.7. The maximum Gasteiger partial charge on any atom is 0.257 e. The van der Waals surface area contributed by atoms with E-state index < -0.39 is 0 Å². The van der Waals surface area contributed by atoms with E-state index in [2.05, 4.69) is 32.0 Å². The number of carbonyl (C=O) groups excluding carboxylic acids is 1. The van der Waals surface area contributed by atoms with Crippen LogP contribution in [0.4, 0.5) is 0 Å². The maximum atomic E-state index is 13.8. The van der Waals surface area contributed by atoms with Crippen LogP contribution in [0.15, 0.2) is 54.7 Å². The third-order valence-corrected chi connectivity index (χ3v) is 6.38. The minimum atomic E-state index is -0.198. The van der Waals surface area contributed by atoms with Crippen LogP contribution in [0.2, 0.25) is 0 Å². The smallest absolute Gasteiger partial charge is 0.257 e. The molecule has 1 atom stereocenters. The van der Waals surface area contributed by atoms with E-state index in [1.165, 1.54) is 5.56 Å². The average molecular weight is 432 g/mol. The lowest BCUT2D eigenvalue weighted by Crippen LogP contribution is -2.43. The van der Waals surface area contributed by atoms with E-state index in [0.717, 1.165) is 41.9 Å². The lowest BCUT2D eigenvalue weighted by Gasteiger charge is -2.34. The number of piperidine rings is 1. The molecule has 3 heterocycles. The number of hydrogen-bond acceptors (Lipinski definition) is 4. The fraction of sp³-hybridized carbons (Fsp3) is 0.385. The molecular weight excluding hydrogens is 402 g/mol. The van der Waals surface area contributed by atoms with Crippen LogP contribution in [0.25, 0.3) is 16.9 Å². The Morgan fingerprint density at radius 2 is 1.84 bits per heavy atom. The van der Waals surface area contributed by atoms with Crippen LogP contribution in [-0.4, -0.2) is 53.2 Å². The first kappa shape index (κ1) is 20.9. The summed E-state index contributed by atoms with van der Waals surface area (Å²) in [6.45, 7) is 6.80. The molecule has 6 nitrogen and oxygen atoms in total. The van der Waals surface area contributed by atoms with Gasteiger partial charge in [0.15, 0.2) is 6.29 Å². The lowest BCUT2D eigenvalue weighted by atomic mass is 9.96. The van der Waals surface area contributed by atoms with Crippen molar-refractivity contribution >= 4 is 5.91 Å². The van der Waals surface area contributed by atoms with E-state index in [4.69, 9.17) is 14.6 Å². The fourth-order valence-electron chi connectivity index (χ4n) is 4.76. The van der Waals surface area contributed by atoms with Gasteiger partial charge >= 0.3 is 0 Å². The Labute approximate surface area is 188 Å². The van der Waals surface area contributed by atoms with Gasteiger partial charge in [0.1, 0.15) is 5.69 Å². The predicted molar refractivity (Wildman–Crippen MR) is 123 cm³/mol. The quantitative estimate of drug-likeness (QED) is 0.615. The van der Waals surface area contributed by atoms with Crippen molar-refractivity contribution in [2.75, 3.05) is 26.3 Å². The summed E-state index contributed by atoms with van der Waals surface area (Å²) < 4.78 is 13.3. The average Bonchev–Trinajstić information content (AvgIpc) is 3.50. The molecule has 0 bridgehead atoms. The normalized spacial score (nSPS) is 19.4. The molecule has 6 heteroatoms. The summed E-state index contributed by atoms with van der Waals surface area (Å²) in [6.07, 6.45) is 3.64. The second-order valence-corrected chi connectivity index (χ2v) is 8.75. The molecule has 5 rings (SSSR count). The number of rotatable bonds is 4. The van der Waals surface area contributed by atoms with Crippen LogP contribution in [0.1, 0.15) is 34.3 Å². The maximum absolute atomic E-state index is 13.8. The third-order valence-electron chi connectivity index (χ3n) is 6.38. The zero-order valence-corrected chi connectivity index (χ0v) is 18.7. The van der Waals surface area contributed by atoms with Gasteiger partial charge in [-0.05, 0) is 44.4 Å². The van der Waals surface area contributed by atoms with Crippen LogP contribution in [0, 0.1) is 19.8 Å². The van der Waals surface area contributed by atoms with Crippen LogP contribution < -0.4 is 0 Å². The molecule has 32 heavy (non-hydrogen) atoms. The number of benzene rings is 2. The number of aromatic nitrogens is 2. The number of para-hydroxylation sites is 1. The van der Waals surface area contributed by atoms with Crippen molar-refractivity contribution in [1.29, 1.82) is 0 Å². The molecule has 0 radical (unpaired) electrons. The summed E-state index contributed by atoms with van der Waals surface area (Å²) >= 11 is 0. The number of carbonyl (C=O) groups is 1. The van der Waals surface area contributed by atoms with Crippen LogP contribution in [0.5, 0.6) is 0 Å². The van der Waals surface area contributed by atoms with Gasteiger partial charge in [-0.25, -0.2) is 4.68 Å². The van der Waals surface area contributed by atoms with E-state index in [-0.39, 0.29) is 18.1 Å². The number of likely N-dealkylation sites (tertiary alicyclic amines) is 1. The Morgan fingerprint density at radius 1 is 1.06 bits per heavy atom. The first-order valence-electron chi connectivity index (χ1n) is 11.4. The predicted octanol–water partition coefficient (Wildman–Crippen LogP) is 4.38. The topological polar surface area (TPSA) is 56.6 Å². The summed E-state index contributed by atoms with van der Waals surface area (Å²) in [6, 6.07) is 16.2. The molecule has 3 aromatic rings. The van der Waals surface area contributed by atoms with Crippen molar-refractivity contribution in [3.05, 3.63) is 71.4 Å². The van der Waals surface area contributed by atoms with Crippen molar-refractivity contribution in [1.82, 2.24) is 14.7 Å². The van der Waals surface area contributed by atoms with Crippen LogP contribution in [0.3, 0.4) is 0 Å². The molecule has 0 N–H and O–H groups in total. The summed E-state index contributed by atoms with van der Waals surface area (Å²) in [4.78, 5) is 15.7. The van der Waals surface area contributed by atoms with Crippen molar-refractivity contribution < 1.29 is 14.3 Å². The van der Waals surface area contributed by atoms with Gasteiger partial charge in [-0.2, -0.15) is 5.10 Å². The molecule has 0 spiro atoms. The highest BCUT2D eigenvalue weighted by Crippen LogP contribution is 2.31. The molecule has 1 unspecified atom stereocenters. The number of aryl methyl sites for hydroxylation is 2. The van der Waals surface area contributed by atoms with E-state index >= 15 is 0 Å². The molecule has 2 saturated heterocycles. The fourth-order valence-corrected chi connectivity index (χ4v) is 4.76. The largest absolute Gasteiger partial charge is 0.350 e. The van der Waals surface area contributed by atoms with Gasteiger partial charge < -0.3 is 14.4 Å². The molecule has 0 saturated carbocycles. The molecular formula is C26H29N3O3. The Kier molecular flexibility index (Phi) is 5.81. The Hall–Kier alpha value is -2.96. The Morgan fingerprint density at radius 3 is 2.59 bits per heavy atom. The standard InChI is InChI=1S/C26H29N3O3/c1-18-10-11-22(19(2)15-18)24-23(17-29(27-24)21-8-4-3-5-9-21)25(30)28-12-6-7-20(16-28)26-31-13-14-32-26/h3-5,8-11,15,17,20,26H,6-7,12-14,16H2,1-2H3. The number of amides is 1. The summed E-state index contributed by atoms with van der Waals surface area (Å²) in [7, 11) is 0. The SMILES string of the molecule is Cc1ccc(-c2nn(-c3ccccc3)cc2C(=O)N2CCCC(C3OCCO3)C2)c(C)c1. The van der Waals surface area contributed by atoms with Crippen molar-refractivity contribution in [3.63, 3.8) is 0 Å². The van der Waals surface area contributed by atoms with Gasteiger partial charge in [0.05, 0.1) is 24.5 Å². The lowest BCUT2D eigenvalue weighted by molar-refractivity contribution is -0.0969. The van der Waals surface area contributed by atoms with E-state index in [0.29, 0.717) is 25.3 Å². The number of hydrogen-bond donors (Lipinski definition) is 0. The van der Waals surface area contributed by atoms with Gasteiger partial charge in [0.25, 0.3) is 5.91 Å². The van der Waals surface area contributed by atoms with E-state index in [1.54, 1.807) is 0 Å². The minimum Gasteiger partial charge on any atom is -0.350 e. The van der Waals surface area contributed by atoms with Gasteiger partial charge in [-0.15, -0.1) is 0 Å². The second-order valence-electron chi connectivity index (χ2n) is 8.75. The zero-order chi connectivity index (χ0) is 22.1. The van der Waals surface area contributed by atoms with Crippen molar-refractivity contribution in [3.8, 4) is 16.9 Å². The summed E-state index contributed by atoms with van der Waals surface area (Å²) in [5, 5.41) is 4.87. The highest BCUT2D eigenvalue weighted by molar-refractivity contribution is 6.00. The molecule has 1 aromatic heterocycles. The monoisotopic (exact) mass is 431 g/mol. The van der Waals surface area contributed by atoms with Gasteiger partial charge in [0, 0.05) is 30.8 Å². The number of ether oxygens (including phenoxy) is 2. The first-order chi connectivity index (χ1) is 15.6. The zero-order valence-electron chi connectivity index (χ0n) is 18.7. The van der Waals surface area contributed by atoms with Crippen LogP contribution >= 0.6 is 0 Å². The highest BCUT2D eigenvalue weighted by Gasteiger charge is 2.34. The minimum absolute atomic E-state index is 0.0184. The van der Waals surface area contributed by atoms with E-state index in [1.807, 2.05) is 46.1 Å². The van der Waals surface area contributed by atoms with Crippen LogP contribution in [-0.2, 0) is 9.47 Å². The summed E-state index contributed by atoms with van der Waals surface area (Å²) in [5.41, 5.74) is 5.59.